The summed E-state index contributed by atoms with van der Waals surface area (Å²) in [6, 6.07) is 3.81. The summed E-state index contributed by atoms with van der Waals surface area (Å²) in [5.74, 6) is 1.95. The monoisotopic (exact) mass is 289 g/mol. The number of nitrogens with one attached hydrogen (secondary N) is 1. The zero-order valence-corrected chi connectivity index (χ0v) is 12.8. The van der Waals surface area contributed by atoms with Gasteiger partial charge in [-0.25, -0.2) is 4.98 Å². The Bertz CT molecular complexity index is 637. The van der Waals surface area contributed by atoms with Crippen molar-refractivity contribution in [1.82, 2.24) is 15.0 Å². The fraction of sp³-hybridized carbons (Fsp3) is 0.400. The highest BCUT2D eigenvalue weighted by atomic mass is 32.1. The summed E-state index contributed by atoms with van der Waals surface area (Å²) in [7, 11) is 0. The van der Waals surface area contributed by atoms with Crippen molar-refractivity contribution in [3.8, 4) is 17.0 Å². The molecule has 106 valence electrons. The van der Waals surface area contributed by atoms with Crippen LogP contribution in [-0.2, 0) is 0 Å². The van der Waals surface area contributed by atoms with Crippen molar-refractivity contribution in [2.75, 3.05) is 6.61 Å². The van der Waals surface area contributed by atoms with Crippen LogP contribution in [0.25, 0.3) is 11.3 Å². The normalized spacial score (nSPS) is 10.8. The van der Waals surface area contributed by atoms with Crippen molar-refractivity contribution in [3.05, 3.63) is 35.0 Å². The predicted octanol–water partition coefficient (Wildman–Crippen LogP) is 4.11. The molecule has 0 radical (unpaired) electrons. The lowest BCUT2D eigenvalue weighted by molar-refractivity contribution is 0.316. The molecule has 0 unspecified atom stereocenters. The lowest BCUT2D eigenvalue weighted by Gasteiger charge is -2.10. The zero-order chi connectivity index (χ0) is 14.5. The standard InChI is InChI=1S/C15H19N3OS/c1-4-5-19-12-6-11(8-16-9-12)13-7-14(20)18-15(17-13)10(2)3/h6-10H,4-5H2,1-3H3,(H,17,18,20). The number of rotatable bonds is 5. The van der Waals surface area contributed by atoms with E-state index in [0.29, 0.717) is 17.2 Å². The summed E-state index contributed by atoms with van der Waals surface area (Å²) in [5.41, 5.74) is 1.87. The first-order chi connectivity index (χ1) is 9.60. The van der Waals surface area contributed by atoms with Gasteiger partial charge in [0.2, 0.25) is 0 Å². The molecular weight excluding hydrogens is 270 g/mol. The summed E-state index contributed by atoms with van der Waals surface area (Å²) in [6.07, 6.45) is 4.49. The molecule has 0 aromatic carbocycles. The minimum atomic E-state index is 0.295. The molecule has 1 N–H and O–H groups in total. The van der Waals surface area contributed by atoms with Crippen LogP contribution < -0.4 is 4.74 Å². The molecular formula is C15H19N3OS. The van der Waals surface area contributed by atoms with E-state index in [2.05, 4.69) is 35.7 Å². The number of aromatic amines is 1. The van der Waals surface area contributed by atoms with E-state index in [1.54, 1.807) is 12.4 Å². The molecule has 0 fully saturated rings. The first kappa shape index (κ1) is 14.7. The third-order valence-electron chi connectivity index (χ3n) is 2.81. The Kier molecular flexibility index (Phi) is 4.84. The minimum Gasteiger partial charge on any atom is -0.492 e. The molecule has 2 aromatic heterocycles. The molecule has 2 heterocycles. The van der Waals surface area contributed by atoms with Crippen molar-refractivity contribution in [3.63, 3.8) is 0 Å². The van der Waals surface area contributed by atoms with Crippen LogP contribution >= 0.6 is 12.2 Å². The average molecular weight is 289 g/mol. The maximum Gasteiger partial charge on any atom is 0.138 e. The molecule has 0 aliphatic rings. The molecule has 0 aliphatic heterocycles. The first-order valence-corrected chi connectivity index (χ1v) is 7.20. The Morgan fingerprint density at radius 3 is 2.80 bits per heavy atom. The number of hydrogen-bond donors (Lipinski definition) is 1. The SMILES string of the molecule is CCCOc1cncc(-c2cc(=S)nc(C(C)C)[nH]2)c1. The van der Waals surface area contributed by atoms with Crippen LogP contribution in [0.5, 0.6) is 5.75 Å². The third-order valence-corrected chi connectivity index (χ3v) is 3.01. The lowest BCUT2D eigenvalue weighted by atomic mass is 10.1. The molecule has 0 atom stereocenters. The Balaban J connectivity index is 2.38. The number of aromatic nitrogens is 3. The van der Waals surface area contributed by atoms with Crippen LogP contribution in [0.4, 0.5) is 0 Å². The van der Waals surface area contributed by atoms with Gasteiger partial charge in [0.25, 0.3) is 0 Å². The van der Waals surface area contributed by atoms with Gasteiger partial charge in [-0.1, -0.05) is 33.0 Å². The summed E-state index contributed by atoms with van der Waals surface area (Å²) < 4.78 is 6.19. The van der Waals surface area contributed by atoms with Gasteiger partial charge >= 0.3 is 0 Å². The predicted molar refractivity (Wildman–Crippen MR) is 82.5 cm³/mol. The highest BCUT2D eigenvalue weighted by Gasteiger charge is 2.06. The highest BCUT2D eigenvalue weighted by Crippen LogP contribution is 2.22. The van der Waals surface area contributed by atoms with Crippen LogP contribution in [0, 0.1) is 4.64 Å². The van der Waals surface area contributed by atoms with Gasteiger partial charge in [0, 0.05) is 17.7 Å². The van der Waals surface area contributed by atoms with Crippen LogP contribution in [0.3, 0.4) is 0 Å². The van der Waals surface area contributed by atoms with Crippen LogP contribution in [0.15, 0.2) is 24.5 Å². The molecule has 0 saturated carbocycles. The molecule has 4 nitrogen and oxygen atoms in total. The zero-order valence-electron chi connectivity index (χ0n) is 12.0. The molecule has 5 heteroatoms. The number of ether oxygens (including phenoxy) is 1. The van der Waals surface area contributed by atoms with E-state index in [0.717, 1.165) is 29.3 Å². The van der Waals surface area contributed by atoms with Crippen molar-refractivity contribution in [2.24, 2.45) is 0 Å². The van der Waals surface area contributed by atoms with Gasteiger partial charge in [0.15, 0.2) is 0 Å². The van der Waals surface area contributed by atoms with Gasteiger partial charge in [-0.2, -0.15) is 0 Å². The molecule has 0 amide bonds. The van der Waals surface area contributed by atoms with E-state index >= 15 is 0 Å². The van der Waals surface area contributed by atoms with Crippen LogP contribution in [-0.4, -0.2) is 21.6 Å². The molecule has 20 heavy (non-hydrogen) atoms. The summed E-state index contributed by atoms with van der Waals surface area (Å²) in [6.45, 7) is 6.92. The third kappa shape index (κ3) is 3.63. The first-order valence-electron chi connectivity index (χ1n) is 6.79. The Morgan fingerprint density at radius 2 is 2.10 bits per heavy atom. The van der Waals surface area contributed by atoms with Gasteiger partial charge in [0.1, 0.15) is 16.2 Å². The fourth-order valence-electron chi connectivity index (χ4n) is 1.77. The lowest BCUT2D eigenvalue weighted by Crippen LogP contribution is -2.00. The van der Waals surface area contributed by atoms with Gasteiger partial charge in [0.05, 0.1) is 18.5 Å². The second-order valence-electron chi connectivity index (χ2n) is 4.93. The van der Waals surface area contributed by atoms with Gasteiger partial charge in [-0.3, -0.25) is 4.98 Å². The van der Waals surface area contributed by atoms with E-state index in [-0.39, 0.29) is 0 Å². The Hall–Kier alpha value is -1.75. The minimum absolute atomic E-state index is 0.295. The summed E-state index contributed by atoms with van der Waals surface area (Å²) in [4.78, 5) is 11.9. The van der Waals surface area contributed by atoms with Crippen molar-refractivity contribution >= 4 is 12.2 Å². The van der Waals surface area contributed by atoms with Gasteiger partial charge in [-0.05, 0) is 18.6 Å². The quantitative estimate of drug-likeness (QED) is 0.841. The second kappa shape index (κ2) is 6.61. The smallest absolute Gasteiger partial charge is 0.138 e. The summed E-state index contributed by atoms with van der Waals surface area (Å²) >= 11 is 5.23. The number of hydrogen-bond acceptors (Lipinski definition) is 4. The number of pyridine rings is 1. The summed E-state index contributed by atoms with van der Waals surface area (Å²) in [5, 5.41) is 0. The van der Waals surface area contributed by atoms with Crippen molar-refractivity contribution < 1.29 is 4.74 Å². The molecule has 2 aromatic rings. The maximum atomic E-state index is 5.61. The Labute approximate surface area is 124 Å². The maximum absolute atomic E-state index is 5.61. The average Bonchev–Trinajstić information content (AvgIpc) is 2.44. The second-order valence-corrected chi connectivity index (χ2v) is 5.35. The van der Waals surface area contributed by atoms with Gasteiger partial charge in [-0.15, -0.1) is 0 Å². The number of H-pyrrole nitrogens is 1. The van der Waals surface area contributed by atoms with Crippen LogP contribution in [0.2, 0.25) is 0 Å². The molecule has 0 aliphatic carbocycles. The van der Waals surface area contributed by atoms with E-state index in [1.807, 2.05) is 12.1 Å². The highest BCUT2D eigenvalue weighted by molar-refractivity contribution is 7.71. The number of nitrogens with zero attached hydrogens (tertiary/aromatic N) is 2. The Morgan fingerprint density at radius 1 is 1.30 bits per heavy atom. The topological polar surface area (TPSA) is 50.8 Å². The van der Waals surface area contributed by atoms with Crippen molar-refractivity contribution in [1.29, 1.82) is 0 Å². The van der Waals surface area contributed by atoms with Gasteiger partial charge < -0.3 is 9.72 Å². The molecule has 0 saturated heterocycles. The van der Waals surface area contributed by atoms with E-state index < -0.39 is 0 Å². The van der Waals surface area contributed by atoms with Crippen LogP contribution in [0.1, 0.15) is 38.9 Å². The molecule has 0 bridgehead atoms. The largest absolute Gasteiger partial charge is 0.492 e. The van der Waals surface area contributed by atoms with E-state index in [1.165, 1.54) is 0 Å². The fourth-order valence-corrected chi connectivity index (χ4v) is 1.99. The van der Waals surface area contributed by atoms with E-state index in [4.69, 9.17) is 17.0 Å². The molecule has 2 rings (SSSR count). The molecule has 0 spiro atoms. The van der Waals surface area contributed by atoms with Crippen molar-refractivity contribution in [2.45, 2.75) is 33.1 Å². The van der Waals surface area contributed by atoms with E-state index in [9.17, 15) is 0 Å².